The van der Waals surface area contributed by atoms with Crippen LogP contribution in [0.25, 0.3) is 5.65 Å². The number of rotatable bonds is 6. The highest BCUT2D eigenvalue weighted by Crippen LogP contribution is 2.04. The zero-order chi connectivity index (χ0) is 16.9. The standard InChI is InChI=1S/C16H19N7O/c1-11-9-12(2)20-16(19-11)17-7-6-15(24)18-10-14-22-21-13-5-3-4-8-23(13)14/h3-5,8-9H,6-7,10H2,1-2H3,(H,18,24)(H,17,19,20). The minimum Gasteiger partial charge on any atom is -0.354 e. The Labute approximate surface area is 139 Å². The molecule has 0 unspecified atom stereocenters. The molecule has 0 aliphatic carbocycles. The first-order chi connectivity index (χ1) is 11.6. The van der Waals surface area contributed by atoms with E-state index < -0.39 is 0 Å². The topological polar surface area (TPSA) is 97.1 Å². The predicted molar refractivity (Wildman–Crippen MR) is 89.4 cm³/mol. The van der Waals surface area contributed by atoms with Gasteiger partial charge in [0.1, 0.15) is 0 Å². The lowest BCUT2D eigenvalue weighted by atomic mass is 10.3. The fourth-order valence-electron chi connectivity index (χ4n) is 2.37. The molecule has 0 atom stereocenters. The maximum absolute atomic E-state index is 11.9. The number of hydrogen-bond donors (Lipinski definition) is 2. The van der Waals surface area contributed by atoms with Gasteiger partial charge in [0.15, 0.2) is 11.5 Å². The van der Waals surface area contributed by atoms with Gasteiger partial charge in [0.2, 0.25) is 11.9 Å². The van der Waals surface area contributed by atoms with E-state index in [0.29, 0.717) is 31.3 Å². The molecule has 8 nitrogen and oxygen atoms in total. The SMILES string of the molecule is Cc1cc(C)nc(NCCC(=O)NCc2nnc3ccccn23)n1. The first kappa shape index (κ1) is 15.9. The molecule has 0 aliphatic heterocycles. The van der Waals surface area contributed by atoms with Gasteiger partial charge in [-0.3, -0.25) is 9.20 Å². The molecule has 0 radical (unpaired) electrons. The number of fused-ring (bicyclic) bond motifs is 1. The largest absolute Gasteiger partial charge is 0.354 e. The molecule has 0 saturated heterocycles. The van der Waals surface area contributed by atoms with E-state index in [4.69, 9.17) is 0 Å². The van der Waals surface area contributed by atoms with Crippen molar-refractivity contribution in [3.63, 3.8) is 0 Å². The summed E-state index contributed by atoms with van der Waals surface area (Å²) in [6.45, 7) is 4.63. The van der Waals surface area contributed by atoms with E-state index in [9.17, 15) is 4.79 Å². The molecule has 0 spiro atoms. The molecule has 3 rings (SSSR count). The Bertz CT molecular complexity index is 838. The summed E-state index contributed by atoms with van der Waals surface area (Å²) in [6, 6.07) is 7.56. The van der Waals surface area contributed by atoms with Crippen LogP contribution in [0, 0.1) is 13.8 Å². The van der Waals surface area contributed by atoms with E-state index in [2.05, 4.69) is 30.8 Å². The Hall–Kier alpha value is -3.03. The average Bonchev–Trinajstić information content (AvgIpc) is 2.95. The van der Waals surface area contributed by atoms with Crippen molar-refractivity contribution in [2.24, 2.45) is 0 Å². The monoisotopic (exact) mass is 325 g/mol. The van der Waals surface area contributed by atoms with Gasteiger partial charge in [0.25, 0.3) is 0 Å². The Kier molecular flexibility index (Phi) is 4.64. The molecule has 8 heteroatoms. The first-order valence-electron chi connectivity index (χ1n) is 7.73. The van der Waals surface area contributed by atoms with Crippen LogP contribution in [-0.2, 0) is 11.3 Å². The van der Waals surface area contributed by atoms with Gasteiger partial charge in [-0.1, -0.05) is 6.07 Å². The maximum Gasteiger partial charge on any atom is 0.223 e. The van der Waals surface area contributed by atoms with Crippen molar-refractivity contribution in [2.75, 3.05) is 11.9 Å². The van der Waals surface area contributed by atoms with Crippen molar-refractivity contribution >= 4 is 17.5 Å². The van der Waals surface area contributed by atoms with Gasteiger partial charge in [0, 0.05) is 30.6 Å². The van der Waals surface area contributed by atoms with Gasteiger partial charge in [-0.25, -0.2) is 9.97 Å². The molecule has 0 fully saturated rings. The summed E-state index contributed by atoms with van der Waals surface area (Å²) in [7, 11) is 0. The fraction of sp³-hybridized carbons (Fsp3) is 0.312. The second-order valence-corrected chi connectivity index (χ2v) is 5.47. The molecular weight excluding hydrogens is 306 g/mol. The van der Waals surface area contributed by atoms with Crippen LogP contribution in [0.2, 0.25) is 0 Å². The minimum atomic E-state index is -0.0699. The van der Waals surface area contributed by atoms with Gasteiger partial charge in [-0.2, -0.15) is 0 Å². The van der Waals surface area contributed by atoms with Crippen LogP contribution in [0.1, 0.15) is 23.6 Å². The van der Waals surface area contributed by atoms with Gasteiger partial charge in [0.05, 0.1) is 6.54 Å². The normalized spacial score (nSPS) is 10.8. The molecule has 2 N–H and O–H groups in total. The summed E-state index contributed by atoms with van der Waals surface area (Å²) in [5.74, 6) is 1.17. The molecule has 3 heterocycles. The highest BCUT2D eigenvalue weighted by molar-refractivity contribution is 5.76. The number of hydrogen-bond acceptors (Lipinski definition) is 6. The number of carbonyl (C=O) groups excluding carboxylic acids is 1. The summed E-state index contributed by atoms with van der Waals surface area (Å²) >= 11 is 0. The summed E-state index contributed by atoms with van der Waals surface area (Å²) in [5.41, 5.74) is 2.55. The Morgan fingerprint density at radius 1 is 1.17 bits per heavy atom. The predicted octanol–water partition coefficient (Wildman–Crippen LogP) is 1.25. The van der Waals surface area contributed by atoms with E-state index in [1.807, 2.05) is 48.7 Å². The quantitative estimate of drug-likeness (QED) is 0.708. The average molecular weight is 325 g/mol. The molecule has 0 aliphatic rings. The molecule has 24 heavy (non-hydrogen) atoms. The molecule has 124 valence electrons. The summed E-state index contributed by atoms with van der Waals surface area (Å²) in [6.07, 6.45) is 2.20. The number of nitrogens with zero attached hydrogens (tertiary/aromatic N) is 5. The molecular formula is C16H19N7O. The lowest BCUT2D eigenvalue weighted by Gasteiger charge is -2.07. The summed E-state index contributed by atoms with van der Waals surface area (Å²) in [5, 5.41) is 14.0. The van der Waals surface area contributed by atoms with E-state index >= 15 is 0 Å². The van der Waals surface area contributed by atoms with Crippen molar-refractivity contribution < 1.29 is 4.79 Å². The van der Waals surface area contributed by atoms with Gasteiger partial charge < -0.3 is 10.6 Å². The zero-order valence-corrected chi connectivity index (χ0v) is 13.7. The van der Waals surface area contributed by atoms with E-state index in [1.165, 1.54) is 0 Å². The van der Waals surface area contributed by atoms with Crippen molar-refractivity contribution in [1.82, 2.24) is 29.9 Å². The Balaban J connectivity index is 1.47. The van der Waals surface area contributed by atoms with E-state index in [0.717, 1.165) is 17.0 Å². The summed E-state index contributed by atoms with van der Waals surface area (Å²) < 4.78 is 1.85. The highest BCUT2D eigenvalue weighted by atomic mass is 16.1. The molecule has 0 bridgehead atoms. The molecule has 0 saturated carbocycles. The van der Waals surface area contributed by atoms with E-state index in [-0.39, 0.29) is 5.91 Å². The number of aryl methyl sites for hydroxylation is 2. The molecule has 3 aromatic rings. The van der Waals surface area contributed by atoms with Crippen LogP contribution in [0.4, 0.5) is 5.95 Å². The summed E-state index contributed by atoms with van der Waals surface area (Å²) in [4.78, 5) is 20.5. The third-order valence-corrected chi connectivity index (χ3v) is 3.45. The van der Waals surface area contributed by atoms with Crippen molar-refractivity contribution in [3.8, 4) is 0 Å². The molecule has 0 aromatic carbocycles. The van der Waals surface area contributed by atoms with Crippen LogP contribution >= 0.6 is 0 Å². The van der Waals surface area contributed by atoms with E-state index in [1.54, 1.807) is 0 Å². The molecule has 3 aromatic heterocycles. The highest BCUT2D eigenvalue weighted by Gasteiger charge is 2.07. The Morgan fingerprint density at radius 2 is 1.96 bits per heavy atom. The number of nitrogens with one attached hydrogen (secondary N) is 2. The van der Waals surface area contributed by atoms with Crippen LogP contribution in [0.3, 0.4) is 0 Å². The minimum absolute atomic E-state index is 0.0699. The number of pyridine rings is 1. The van der Waals surface area contributed by atoms with Gasteiger partial charge in [-0.15, -0.1) is 10.2 Å². The van der Waals surface area contributed by atoms with Crippen LogP contribution in [-0.4, -0.2) is 37.0 Å². The number of aromatic nitrogens is 5. The lowest BCUT2D eigenvalue weighted by molar-refractivity contribution is -0.121. The molecule has 1 amide bonds. The van der Waals surface area contributed by atoms with Crippen molar-refractivity contribution in [3.05, 3.63) is 47.7 Å². The fourth-order valence-corrected chi connectivity index (χ4v) is 2.37. The van der Waals surface area contributed by atoms with Crippen molar-refractivity contribution in [1.29, 1.82) is 0 Å². The van der Waals surface area contributed by atoms with Gasteiger partial charge >= 0.3 is 0 Å². The third-order valence-electron chi connectivity index (χ3n) is 3.45. The maximum atomic E-state index is 11.9. The van der Waals surface area contributed by atoms with Crippen LogP contribution < -0.4 is 10.6 Å². The first-order valence-corrected chi connectivity index (χ1v) is 7.73. The third kappa shape index (κ3) is 3.83. The second-order valence-electron chi connectivity index (χ2n) is 5.47. The second kappa shape index (κ2) is 7.03. The van der Waals surface area contributed by atoms with Crippen molar-refractivity contribution in [2.45, 2.75) is 26.8 Å². The number of anilines is 1. The van der Waals surface area contributed by atoms with Gasteiger partial charge in [-0.05, 0) is 32.0 Å². The lowest BCUT2D eigenvalue weighted by Crippen LogP contribution is -2.26. The smallest absolute Gasteiger partial charge is 0.223 e. The zero-order valence-electron chi connectivity index (χ0n) is 13.7. The number of carbonyl (C=O) groups is 1. The Morgan fingerprint density at radius 3 is 2.75 bits per heavy atom. The number of amides is 1. The van der Waals surface area contributed by atoms with Crippen LogP contribution in [0.5, 0.6) is 0 Å². The van der Waals surface area contributed by atoms with Crippen LogP contribution in [0.15, 0.2) is 30.5 Å².